The number of alkyl halides is 3. The van der Waals surface area contributed by atoms with Gasteiger partial charge in [-0.2, -0.15) is 28.6 Å². The Hall–Kier alpha value is -1.60. The molecule has 0 bridgehead atoms. The first kappa shape index (κ1) is 12.5. The Labute approximate surface area is 89.6 Å². The monoisotopic (exact) mass is 236 g/mol. The second-order valence-electron chi connectivity index (χ2n) is 3.20. The number of aromatic amines is 1. The fourth-order valence-electron chi connectivity index (χ4n) is 1.21. The molecule has 1 amide bonds. The van der Waals surface area contributed by atoms with Crippen LogP contribution in [-0.4, -0.2) is 45.5 Å². The number of rotatable bonds is 4. The van der Waals surface area contributed by atoms with Crippen molar-refractivity contribution in [3.63, 3.8) is 0 Å². The summed E-state index contributed by atoms with van der Waals surface area (Å²) in [5, 5.41) is 9.01. The Balaban J connectivity index is 2.74. The maximum atomic E-state index is 12.2. The van der Waals surface area contributed by atoms with E-state index in [2.05, 4.69) is 15.4 Å². The molecule has 1 heterocycles. The highest BCUT2D eigenvalue weighted by molar-refractivity contribution is 5.91. The molecule has 0 aliphatic carbocycles. The molecule has 1 aromatic heterocycles. The lowest BCUT2D eigenvalue weighted by molar-refractivity contribution is -0.140. The summed E-state index contributed by atoms with van der Waals surface area (Å²) in [6, 6.07) is 0. The molecule has 0 saturated carbocycles. The zero-order valence-electron chi connectivity index (χ0n) is 8.58. The molecule has 1 N–H and O–H groups in total. The van der Waals surface area contributed by atoms with Crippen molar-refractivity contribution in [2.45, 2.75) is 19.5 Å². The molecule has 0 saturated heterocycles. The molecule has 0 aromatic carbocycles. The number of carbonyl (C=O) groups is 1. The Morgan fingerprint density at radius 1 is 1.56 bits per heavy atom. The summed E-state index contributed by atoms with van der Waals surface area (Å²) in [7, 11) is 0. The molecule has 16 heavy (non-hydrogen) atoms. The topological polar surface area (TPSA) is 61.9 Å². The number of hydrogen-bond acceptors (Lipinski definition) is 3. The van der Waals surface area contributed by atoms with Gasteiger partial charge in [-0.25, -0.2) is 0 Å². The van der Waals surface area contributed by atoms with Crippen LogP contribution in [0.5, 0.6) is 0 Å². The highest BCUT2D eigenvalue weighted by Gasteiger charge is 2.33. The number of aromatic nitrogens is 3. The molecule has 0 fully saturated rings. The SMILES string of the molecule is CCCN(CC(F)(F)F)C(=O)c1cn[nH]n1. The minimum Gasteiger partial charge on any atom is -0.328 e. The third kappa shape index (κ3) is 3.52. The van der Waals surface area contributed by atoms with Crippen molar-refractivity contribution in [3.05, 3.63) is 11.9 Å². The van der Waals surface area contributed by atoms with Gasteiger partial charge < -0.3 is 4.90 Å². The van der Waals surface area contributed by atoms with Crippen LogP contribution in [0, 0.1) is 0 Å². The van der Waals surface area contributed by atoms with E-state index in [-0.39, 0.29) is 12.2 Å². The van der Waals surface area contributed by atoms with Gasteiger partial charge in [-0.3, -0.25) is 4.79 Å². The van der Waals surface area contributed by atoms with E-state index in [1.165, 1.54) is 0 Å². The molecule has 0 atom stereocenters. The Morgan fingerprint density at radius 3 is 2.69 bits per heavy atom. The normalized spacial score (nSPS) is 11.5. The molecule has 0 spiro atoms. The zero-order chi connectivity index (χ0) is 12.2. The number of H-pyrrole nitrogens is 1. The van der Waals surface area contributed by atoms with E-state index in [9.17, 15) is 18.0 Å². The molecule has 90 valence electrons. The number of carbonyl (C=O) groups excluding carboxylic acids is 1. The summed E-state index contributed by atoms with van der Waals surface area (Å²) in [5.74, 6) is -0.770. The molecular weight excluding hydrogens is 225 g/mol. The molecule has 0 unspecified atom stereocenters. The van der Waals surface area contributed by atoms with E-state index in [4.69, 9.17) is 0 Å². The Kier molecular flexibility index (Phi) is 3.86. The van der Waals surface area contributed by atoms with Gasteiger partial charge in [0.25, 0.3) is 5.91 Å². The number of hydrogen-bond donors (Lipinski definition) is 1. The van der Waals surface area contributed by atoms with Crippen molar-refractivity contribution in [2.24, 2.45) is 0 Å². The first-order chi connectivity index (χ1) is 7.44. The minimum atomic E-state index is -4.41. The molecule has 5 nitrogen and oxygen atoms in total. The summed E-state index contributed by atoms with van der Waals surface area (Å²) in [6.07, 6.45) is -2.87. The number of amides is 1. The van der Waals surface area contributed by atoms with Gasteiger partial charge in [0.1, 0.15) is 6.54 Å². The van der Waals surface area contributed by atoms with Crippen molar-refractivity contribution in [3.8, 4) is 0 Å². The zero-order valence-corrected chi connectivity index (χ0v) is 8.58. The molecule has 0 aliphatic rings. The van der Waals surface area contributed by atoms with E-state index in [1.807, 2.05) is 0 Å². The predicted octanol–water partition coefficient (Wildman–Crippen LogP) is 1.22. The van der Waals surface area contributed by atoms with Gasteiger partial charge in [-0.05, 0) is 6.42 Å². The van der Waals surface area contributed by atoms with Crippen molar-refractivity contribution < 1.29 is 18.0 Å². The Morgan fingerprint density at radius 2 is 2.25 bits per heavy atom. The predicted molar refractivity (Wildman–Crippen MR) is 48.6 cm³/mol. The van der Waals surface area contributed by atoms with Crippen LogP contribution in [0.25, 0.3) is 0 Å². The average Bonchev–Trinajstić information content (AvgIpc) is 2.66. The van der Waals surface area contributed by atoms with Gasteiger partial charge in [-0.15, -0.1) is 0 Å². The number of nitrogens with zero attached hydrogens (tertiary/aromatic N) is 3. The molecule has 8 heteroatoms. The van der Waals surface area contributed by atoms with Crippen LogP contribution >= 0.6 is 0 Å². The van der Waals surface area contributed by atoms with Gasteiger partial charge in [-0.1, -0.05) is 6.92 Å². The second kappa shape index (κ2) is 4.95. The largest absolute Gasteiger partial charge is 0.406 e. The van der Waals surface area contributed by atoms with Crippen molar-refractivity contribution in [2.75, 3.05) is 13.1 Å². The lowest BCUT2D eigenvalue weighted by Gasteiger charge is -2.22. The maximum Gasteiger partial charge on any atom is 0.406 e. The van der Waals surface area contributed by atoms with E-state index in [1.54, 1.807) is 6.92 Å². The molecule has 1 aromatic rings. The van der Waals surface area contributed by atoms with E-state index < -0.39 is 18.6 Å². The van der Waals surface area contributed by atoms with Crippen molar-refractivity contribution >= 4 is 5.91 Å². The van der Waals surface area contributed by atoms with Gasteiger partial charge >= 0.3 is 6.18 Å². The summed E-state index contributed by atoms with van der Waals surface area (Å²) in [6.45, 7) is 0.456. The molecule has 1 rings (SSSR count). The Bertz CT molecular complexity index is 336. The van der Waals surface area contributed by atoms with Crippen molar-refractivity contribution in [1.29, 1.82) is 0 Å². The maximum absolute atomic E-state index is 12.2. The van der Waals surface area contributed by atoms with E-state index in [0.717, 1.165) is 6.20 Å². The second-order valence-corrected chi connectivity index (χ2v) is 3.20. The summed E-state index contributed by atoms with van der Waals surface area (Å²) in [4.78, 5) is 12.3. The fraction of sp³-hybridized carbons (Fsp3) is 0.625. The third-order valence-electron chi connectivity index (χ3n) is 1.79. The lowest BCUT2D eigenvalue weighted by atomic mass is 10.3. The summed E-state index contributed by atoms with van der Waals surface area (Å²) < 4.78 is 36.6. The van der Waals surface area contributed by atoms with Crippen LogP contribution in [0.4, 0.5) is 13.2 Å². The van der Waals surface area contributed by atoms with Crippen LogP contribution in [0.3, 0.4) is 0 Å². The first-order valence-electron chi connectivity index (χ1n) is 4.66. The van der Waals surface area contributed by atoms with Crippen molar-refractivity contribution in [1.82, 2.24) is 20.3 Å². The van der Waals surface area contributed by atoms with Crippen LogP contribution in [-0.2, 0) is 0 Å². The number of nitrogens with one attached hydrogen (secondary N) is 1. The first-order valence-corrected chi connectivity index (χ1v) is 4.66. The third-order valence-corrected chi connectivity index (χ3v) is 1.79. The fourth-order valence-corrected chi connectivity index (χ4v) is 1.21. The van der Waals surface area contributed by atoms with Gasteiger partial charge in [0.2, 0.25) is 0 Å². The quantitative estimate of drug-likeness (QED) is 0.854. The summed E-state index contributed by atoms with van der Waals surface area (Å²) in [5.41, 5.74) is -0.113. The number of halogens is 3. The van der Waals surface area contributed by atoms with Gasteiger partial charge in [0.05, 0.1) is 6.20 Å². The smallest absolute Gasteiger partial charge is 0.328 e. The molecular formula is C8H11F3N4O. The van der Waals surface area contributed by atoms with Gasteiger partial charge in [0.15, 0.2) is 5.69 Å². The highest BCUT2D eigenvalue weighted by atomic mass is 19.4. The average molecular weight is 236 g/mol. The van der Waals surface area contributed by atoms with E-state index >= 15 is 0 Å². The van der Waals surface area contributed by atoms with Crippen LogP contribution in [0.2, 0.25) is 0 Å². The molecule has 0 aliphatic heterocycles. The van der Waals surface area contributed by atoms with E-state index in [0.29, 0.717) is 11.3 Å². The lowest BCUT2D eigenvalue weighted by Crippen LogP contribution is -2.39. The highest BCUT2D eigenvalue weighted by Crippen LogP contribution is 2.17. The van der Waals surface area contributed by atoms with Crippen LogP contribution in [0.1, 0.15) is 23.8 Å². The standard InChI is InChI=1S/C8H11F3N4O/c1-2-3-15(5-8(9,10)11)7(16)6-4-12-14-13-6/h4H,2-3,5H2,1H3,(H,12,13,14). The van der Waals surface area contributed by atoms with Crippen LogP contribution in [0.15, 0.2) is 6.20 Å². The molecule has 0 radical (unpaired) electrons. The van der Waals surface area contributed by atoms with Gasteiger partial charge in [0, 0.05) is 6.54 Å². The summed E-state index contributed by atoms with van der Waals surface area (Å²) >= 11 is 0. The minimum absolute atomic E-state index is 0.0329. The van der Waals surface area contributed by atoms with Crippen LogP contribution < -0.4 is 0 Å².